The second-order valence-corrected chi connectivity index (χ2v) is 7.89. The molecule has 0 unspecified atom stereocenters. The topological polar surface area (TPSA) is 36.3 Å². The van der Waals surface area contributed by atoms with Crippen LogP contribution in [0.15, 0.2) is 109 Å². The van der Waals surface area contributed by atoms with E-state index in [0.717, 1.165) is 28.4 Å². The van der Waals surface area contributed by atoms with Crippen molar-refractivity contribution >= 4 is 11.0 Å². The molecule has 33 heavy (non-hydrogen) atoms. The van der Waals surface area contributed by atoms with Crippen LogP contribution in [0.2, 0.25) is 0 Å². The molecule has 0 saturated carbocycles. The van der Waals surface area contributed by atoms with Crippen molar-refractivity contribution in [3.8, 4) is 11.5 Å². The molecule has 0 fully saturated rings. The molecule has 0 amide bonds. The number of methoxy groups -OCH3 is 1. The van der Waals surface area contributed by atoms with Gasteiger partial charge in [0.1, 0.15) is 23.9 Å². The van der Waals surface area contributed by atoms with Gasteiger partial charge in [0.05, 0.1) is 30.6 Å². The van der Waals surface area contributed by atoms with E-state index in [1.165, 1.54) is 11.1 Å². The molecule has 5 rings (SSSR count). The number of rotatable bonds is 8. The van der Waals surface area contributed by atoms with Crippen molar-refractivity contribution in [3.05, 3.63) is 126 Å². The number of ether oxygens (including phenoxy) is 2. The smallest absolute Gasteiger partial charge is 0.123 e. The molecular weight excluding hydrogens is 408 g/mol. The highest BCUT2D eigenvalue weighted by Gasteiger charge is 2.23. The van der Waals surface area contributed by atoms with Crippen molar-refractivity contribution in [2.24, 2.45) is 0 Å². The molecule has 0 saturated heterocycles. The van der Waals surface area contributed by atoms with Gasteiger partial charge in [-0.05, 0) is 35.4 Å². The maximum Gasteiger partial charge on any atom is 0.123 e. The summed E-state index contributed by atoms with van der Waals surface area (Å²) in [5, 5.41) is 0. The molecule has 5 aromatic rings. The first-order valence-electron chi connectivity index (χ1n) is 11.2. The second-order valence-electron chi connectivity index (χ2n) is 7.89. The van der Waals surface area contributed by atoms with E-state index >= 15 is 0 Å². The second kappa shape index (κ2) is 9.61. The number of hydrogen-bond donors (Lipinski definition) is 0. The van der Waals surface area contributed by atoms with Crippen LogP contribution in [0.5, 0.6) is 11.5 Å². The summed E-state index contributed by atoms with van der Waals surface area (Å²) in [4.78, 5) is 5.11. The highest BCUT2D eigenvalue weighted by atomic mass is 16.5. The van der Waals surface area contributed by atoms with Crippen molar-refractivity contribution in [2.75, 3.05) is 13.7 Å². The molecule has 0 spiro atoms. The van der Waals surface area contributed by atoms with Crippen molar-refractivity contribution in [2.45, 2.75) is 12.5 Å². The quantitative estimate of drug-likeness (QED) is 0.287. The fraction of sp³-hybridized carbons (Fsp3) is 0.138. The largest absolute Gasteiger partial charge is 0.497 e. The lowest BCUT2D eigenvalue weighted by Gasteiger charge is -2.20. The molecule has 0 radical (unpaired) electrons. The summed E-state index contributed by atoms with van der Waals surface area (Å²) in [6.45, 7) is 1.21. The number of benzene rings is 4. The minimum Gasteiger partial charge on any atom is -0.497 e. The fourth-order valence-electron chi connectivity index (χ4n) is 4.28. The van der Waals surface area contributed by atoms with Gasteiger partial charge < -0.3 is 14.0 Å². The lowest BCUT2D eigenvalue weighted by molar-refractivity contribution is 0.296. The summed E-state index contributed by atoms with van der Waals surface area (Å²) in [5.74, 6) is 2.62. The number of hydrogen-bond acceptors (Lipinski definition) is 3. The van der Waals surface area contributed by atoms with Gasteiger partial charge in [-0.25, -0.2) is 4.98 Å². The highest BCUT2D eigenvalue weighted by molar-refractivity contribution is 5.76. The SMILES string of the molecule is COc1cccc(OCCn2c(C(c3ccccc3)c3ccccc3)nc3ccccc32)c1. The molecule has 164 valence electrons. The fourth-order valence-corrected chi connectivity index (χ4v) is 4.28. The van der Waals surface area contributed by atoms with Gasteiger partial charge >= 0.3 is 0 Å². The van der Waals surface area contributed by atoms with E-state index in [9.17, 15) is 0 Å². The number of fused-ring (bicyclic) bond motifs is 1. The van der Waals surface area contributed by atoms with E-state index in [1.54, 1.807) is 7.11 Å². The molecule has 0 N–H and O–H groups in total. The van der Waals surface area contributed by atoms with E-state index in [-0.39, 0.29) is 5.92 Å². The van der Waals surface area contributed by atoms with Crippen LogP contribution in [-0.2, 0) is 6.54 Å². The average Bonchev–Trinajstić information content (AvgIpc) is 3.24. The number of imidazole rings is 1. The summed E-state index contributed by atoms with van der Waals surface area (Å²) >= 11 is 0. The summed E-state index contributed by atoms with van der Waals surface area (Å²) < 4.78 is 13.7. The molecule has 4 aromatic carbocycles. The third-order valence-corrected chi connectivity index (χ3v) is 5.83. The maximum atomic E-state index is 6.09. The molecule has 0 aliphatic rings. The molecule has 1 heterocycles. The zero-order chi connectivity index (χ0) is 22.5. The molecule has 0 atom stereocenters. The van der Waals surface area contributed by atoms with Crippen LogP contribution < -0.4 is 9.47 Å². The Bertz CT molecular complexity index is 1290. The number of nitrogens with zero attached hydrogens (tertiary/aromatic N) is 2. The first-order valence-corrected chi connectivity index (χ1v) is 11.2. The zero-order valence-electron chi connectivity index (χ0n) is 18.6. The van der Waals surface area contributed by atoms with Crippen LogP contribution in [0, 0.1) is 0 Å². The normalized spacial score (nSPS) is 11.1. The predicted molar refractivity (Wildman–Crippen MR) is 132 cm³/mol. The van der Waals surface area contributed by atoms with Crippen molar-refractivity contribution in [1.82, 2.24) is 9.55 Å². The molecule has 4 heteroatoms. The van der Waals surface area contributed by atoms with Gasteiger partial charge in [0.25, 0.3) is 0 Å². The van der Waals surface area contributed by atoms with Crippen LogP contribution in [0.3, 0.4) is 0 Å². The van der Waals surface area contributed by atoms with Gasteiger partial charge in [0, 0.05) is 6.07 Å². The van der Waals surface area contributed by atoms with Crippen molar-refractivity contribution in [3.63, 3.8) is 0 Å². The van der Waals surface area contributed by atoms with Gasteiger partial charge in [0.2, 0.25) is 0 Å². The van der Waals surface area contributed by atoms with Crippen LogP contribution >= 0.6 is 0 Å². The first-order chi connectivity index (χ1) is 16.3. The molecule has 0 bridgehead atoms. The zero-order valence-corrected chi connectivity index (χ0v) is 18.6. The predicted octanol–water partition coefficient (Wildman–Crippen LogP) is 6.30. The van der Waals surface area contributed by atoms with Crippen molar-refractivity contribution in [1.29, 1.82) is 0 Å². The van der Waals surface area contributed by atoms with E-state index in [2.05, 4.69) is 83.4 Å². The van der Waals surface area contributed by atoms with Crippen LogP contribution in [0.4, 0.5) is 0 Å². The Hall–Kier alpha value is -4.05. The maximum absolute atomic E-state index is 6.09. The Labute approximate surface area is 194 Å². The Morgan fingerprint density at radius 1 is 0.727 bits per heavy atom. The number of aromatic nitrogens is 2. The van der Waals surface area contributed by atoms with Crippen LogP contribution in [-0.4, -0.2) is 23.3 Å². The molecule has 1 aromatic heterocycles. The van der Waals surface area contributed by atoms with Crippen molar-refractivity contribution < 1.29 is 9.47 Å². The third kappa shape index (κ3) is 4.46. The lowest BCUT2D eigenvalue weighted by atomic mass is 9.90. The monoisotopic (exact) mass is 434 g/mol. The standard InChI is InChI=1S/C29H26N2O2/c1-32-24-15-10-16-25(21-24)33-20-19-31-27-18-9-8-17-26(27)30-29(31)28(22-11-4-2-5-12-22)23-13-6-3-7-14-23/h2-18,21,28H,19-20H2,1H3. The van der Waals surface area contributed by atoms with E-state index in [4.69, 9.17) is 14.5 Å². The Morgan fingerprint density at radius 2 is 1.36 bits per heavy atom. The Balaban J connectivity index is 1.54. The average molecular weight is 435 g/mol. The van der Waals surface area contributed by atoms with E-state index < -0.39 is 0 Å². The van der Waals surface area contributed by atoms with Crippen LogP contribution in [0.1, 0.15) is 22.9 Å². The molecule has 0 aliphatic heterocycles. The third-order valence-electron chi connectivity index (χ3n) is 5.83. The van der Waals surface area contributed by atoms with Gasteiger partial charge in [0.15, 0.2) is 0 Å². The molecular formula is C29H26N2O2. The van der Waals surface area contributed by atoms with E-state index in [0.29, 0.717) is 13.2 Å². The van der Waals surface area contributed by atoms with Gasteiger partial charge in [-0.3, -0.25) is 0 Å². The minimum absolute atomic E-state index is 0.0246. The van der Waals surface area contributed by atoms with Gasteiger partial charge in [-0.2, -0.15) is 0 Å². The lowest BCUT2D eigenvalue weighted by Crippen LogP contribution is -2.15. The summed E-state index contributed by atoms with van der Waals surface area (Å²) in [6, 6.07) is 37.2. The highest BCUT2D eigenvalue weighted by Crippen LogP contribution is 2.33. The Kier molecular flexibility index (Phi) is 6.07. The summed E-state index contributed by atoms with van der Waals surface area (Å²) in [7, 11) is 1.66. The summed E-state index contributed by atoms with van der Waals surface area (Å²) in [5.41, 5.74) is 4.53. The summed E-state index contributed by atoms with van der Waals surface area (Å²) in [6.07, 6.45) is 0. The minimum atomic E-state index is 0.0246. The van der Waals surface area contributed by atoms with Gasteiger partial charge in [-0.15, -0.1) is 0 Å². The first kappa shape index (κ1) is 20.8. The van der Waals surface area contributed by atoms with Crippen LogP contribution in [0.25, 0.3) is 11.0 Å². The van der Waals surface area contributed by atoms with E-state index in [1.807, 2.05) is 30.3 Å². The molecule has 0 aliphatic carbocycles. The number of para-hydroxylation sites is 2. The molecule has 4 nitrogen and oxygen atoms in total. The Morgan fingerprint density at radius 3 is 2.06 bits per heavy atom. The van der Waals surface area contributed by atoms with Gasteiger partial charge in [-0.1, -0.05) is 78.9 Å².